The van der Waals surface area contributed by atoms with Gasteiger partial charge in [-0.25, -0.2) is 0 Å². The highest BCUT2D eigenvalue weighted by atomic mass is 16.5. The Bertz CT molecular complexity index is 777. The van der Waals surface area contributed by atoms with E-state index in [1.54, 1.807) is 28.4 Å². The van der Waals surface area contributed by atoms with Gasteiger partial charge < -0.3 is 24.4 Å². The molecule has 0 aliphatic rings. The Balaban J connectivity index is 1.87. The Morgan fingerprint density at radius 3 is 2.43 bits per heavy atom. The van der Waals surface area contributed by atoms with E-state index in [1.807, 2.05) is 37.4 Å². The fourth-order valence-electron chi connectivity index (χ4n) is 3.02. The molecule has 28 heavy (non-hydrogen) atoms. The minimum absolute atomic E-state index is 0.683. The molecule has 2 rings (SSSR count). The normalized spacial score (nSPS) is 11.1. The zero-order valence-electron chi connectivity index (χ0n) is 17.5. The molecule has 0 saturated carbocycles. The van der Waals surface area contributed by atoms with E-state index in [0.29, 0.717) is 6.54 Å². The molecule has 0 fully saturated rings. The summed E-state index contributed by atoms with van der Waals surface area (Å²) in [4.78, 5) is 6.47. The van der Waals surface area contributed by atoms with Gasteiger partial charge in [0.2, 0.25) is 0 Å². The fraction of sp³-hybridized carbons (Fsp3) is 0.409. The highest BCUT2D eigenvalue weighted by Crippen LogP contribution is 2.25. The summed E-state index contributed by atoms with van der Waals surface area (Å²) in [7, 11) is 8.83. The van der Waals surface area contributed by atoms with Crippen molar-refractivity contribution in [2.75, 3.05) is 42.0 Å². The fourth-order valence-corrected chi connectivity index (χ4v) is 3.02. The first-order valence-electron chi connectivity index (χ1n) is 9.37. The molecule has 0 bridgehead atoms. The van der Waals surface area contributed by atoms with E-state index in [4.69, 9.17) is 14.2 Å². The maximum atomic E-state index is 5.49. The minimum Gasteiger partial charge on any atom is -0.497 e. The number of aliphatic imine (C=N–C) groups is 1. The molecule has 152 valence electrons. The van der Waals surface area contributed by atoms with Crippen LogP contribution in [0, 0.1) is 0 Å². The lowest BCUT2D eigenvalue weighted by atomic mass is 10.1. The Morgan fingerprint density at radius 1 is 1.00 bits per heavy atom. The molecule has 0 spiro atoms. The standard InChI is InChI=1S/C22H31N3O3/c1-23-22(24-13-7-9-17-8-6-10-19(14-17)26-3)25(2)16-18-11-12-20(27-4)15-21(18)28-5/h6,8,10-12,14-15H,7,9,13,16H2,1-5H3,(H,23,24). The van der Waals surface area contributed by atoms with Gasteiger partial charge in [-0.05, 0) is 42.7 Å². The number of ether oxygens (including phenoxy) is 3. The molecule has 1 N–H and O–H groups in total. The number of hydrogen-bond donors (Lipinski definition) is 1. The van der Waals surface area contributed by atoms with E-state index >= 15 is 0 Å². The van der Waals surface area contributed by atoms with Crippen LogP contribution in [-0.4, -0.2) is 52.8 Å². The van der Waals surface area contributed by atoms with Gasteiger partial charge in [-0.15, -0.1) is 0 Å². The number of rotatable bonds is 9. The van der Waals surface area contributed by atoms with Crippen LogP contribution in [0.15, 0.2) is 47.5 Å². The van der Waals surface area contributed by atoms with Crippen molar-refractivity contribution in [2.24, 2.45) is 4.99 Å². The molecule has 0 radical (unpaired) electrons. The molecule has 2 aromatic carbocycles. The van der Waals surface area contributed by atoms with Gasteiger partial charge in [0, 0.05) is 38.8 Å². The average molecular weight is 386 g/mol. The Kier molecular flexibility index (Phi) is 8.46. The maximum Gasteiger partial charge on any atom is 0.193 e. The number of nitrogens with zero attached hydrogens (tertiary/aromatic N) is 2. The first-order valence-corrected chi connectivity index (χ1v) is 9.37. The van der Waals surface area contributed by atoms with Gasteiger partial charge in [-0.2, -0.15) is 0 Å². The summed E-state index contributed by atoms with van der Waals surface area (Å²) in [5.41, 5.74) is 2.34. The zero-order valence-corrected chi connectivity index (χ0v) is 17.5. The quantitative estimate of drug-likeness (QED) is 0.408. The van der Waals surface area contributed by atoms with Crippen molar-refractivity contribution in [3.8, 4) is 17.2 Å². The topological polar surface area (TPSA) is 55.3 Å². The van der Waals surface area contributed by atoms with Crippen LogP contribution in [0.1, 0.15) is 17.5 Å². The lowest BCUT2D eigenvalue weighted by Crippen LogP contribution is -2.39. The molecule has 0 unspecified atom stereocenters. The first kappa shape index (κ1) is 21.4. The summed E-state index contributed by atoms with van der Waals surface area (Å²) in [5.74, 6) is 3.33. The number of aryl methyl sites for hydroxylation is 1. The van der Waals surface area contributed by atoms with Crippen molar-refractivity contribution >= 4 is 5.96 Å². The summed E-state index contributed by atoms with van der Waals surface area (Å²) in [6.45, 7) is 1.52. The second-order valence-electron chi connectivity index (χ2n) is 6.46. The van der Waals surface area contributed by atoms with Crippen LogP contribution < -0.4 is 19.5 Å². The number of methoxy groups -OCH3 is 3. The molecule has 0 heterocycles. The summed E-state index contributed by atoms with van der Waals surface area (Å²) in [6, 6.07) is 14.0. The van der Waals surface area contributed by atoms with Crippen LogP contribution in [0.4, 0.5) is 0 Å². The average Bonchev–Trinajstić information content (AvgIpc) is 2.74. The van der Waals surface area contributed by atoms with Crippen LogP contribution >= 0.6 is 0 Å². The summed E-state index contributed by atoms with van der Waals surface area (Å²) >= 11 is 0. The SMILES string of the molecule is CN=C(NCCCc1cccc(OC)c1)N(C)Cc1ccc(OC)cc1OC. The largest absolute Gasteiger partial charge is 0.497 e. The Labute approximate surface area is 168 Å². The van der Waals surface area contributed by atoms with Crippen molar-refractivity contribution in [1.29, 1.82) is 0 Å². The minimum atomic E-state index is 0.683. The van der Waals surface area contributed by atoms with E-state index in [9.17, 15) is 0 Å². The highest BCUT2D eigenvalue weighted by molar-refractivity contribution is 5.79. The van der Waals surface area contributed by atoms with Crippen molar-refractivity contribution in [1.82, 2.24) is 10.2 Å². The van der Waals surface area contributed by atoms with Crippen LogP contribution in [0.3, 0.4) is 0 Å². The van der Waals surface area contributed by atoms with Crippen molar-refractivity contribution < 1.29 is 14.2 Å². The van der Waals surface area contributed by atoms with Gasteiger partial charge in [0.1, 0.15) is 17.2 Å². The summed E-state index contributed by atoms with van der Waals surface area (Å²) in [6.07, 6.45) is 1.99. The summed E-state index contributed by atoms with van der Waals surface area (Å²) in [5, 5.41) is 3.43. The van der Waals surface area contributed by atoms with Gasteiger partial charge in [0.15, 0.2) is 5.96 Å². The van der Waals surface area contributed by atoms with Crippen molar-refractivity contribution in [3.63, 3.8) is 0 Å². The Morgan fingerprint density at radius 2 is 1.75 bits per heavy atom. The smallest absolute Gasteiger partial charge is 0.193 e. The van der Waals surface area contributed by atoms with Gasteiger partial charge in [-0.3, -0.25) is 4.99 Å². The monoisotopic (exact) mass is 385 g/mol. The zero-order chi connectivity index (χ0) is 20.4. The number of nitrogens with one attached hydrogen (secondary N) is 1. The lowest BCUT2D eigenvalue weighted by molar-refractivity contribution is 0.382. The predicted molar refractivity (Wildman–Crippen MR) is 114 cm³/mol. The highest BCUT2D eigenvalue weighted by Gasteiger charge is 2.11. The molecule has 0 aliphatic carbocycles. The lowest BCUT2D eigenvalue weighted by Gasteiger charge is -2.23. The van der Waals surface area contributed by atoms with Crippen LogP contribution in [-0.2, 0) is 13.0 Å². The van der Waals surface area contributed by atoms with Gasteiger partial charge in [-0.1, -0.05) is 12.1 Å². The van der Waals surface area contributed by atoms with Gasteiger partial charge >= 0.3 is 0 Å². The third-order valence-corrected chi connectivity index (χ3v) is 4.53. The molecule has 0 atom stereocenters. The van der Waals surface area contributed by atoms with Crippen LogP contribution in [0.2, 0.25) is 0 Å². The molecule has 0 aromatic heterocycles. The second-order valence-corrected chi connectivity index (χ2v) is 6.46. The van der Waals surface area contributed by atoms with Crippen molar-refractivity contribution in [3.05, 3.63) is 53.6 Å². The molecule has 0 aliphatic heterocycles. The van der Waals surface area contributed by atoms with Gasteiger partial charge in [0.25, 0.3) is 0 Å². The van der Waals surface area contributed by atoms with E-state index in [0.717, 1.165) is 48.2 Å². The van der Waals surface area contributed by atoms with Crippen LogP contribution in [0.5, 0.6) is 17.2 Å². The predicted octanol–water partition coefficient (Wildman–Crippen LogP) is 3.35. The third kappa shape index (κ3) is 6.08. The van der Waals surface area contributed by atoms with Crippen molar-refractivity contribution in [2.45, 2.75) is 19.4 Å². The number of hydrogen-bond acceptors (Lipinski definition) is 4. The molecule has 2 aromatic rings. The third-order valence-electron chi connectivity index (χ3n) is 4.53. The second kappa shape index (κ2) is 11.1. The van der Waals surface area contributed by atoms with Crippen LogP contribution in [0.25, 0.3) is 0 Å². The van der Waals surface area contributed by atoms with E-state index in [1.165, 1.54) is 5.56 Å². The molecule has 0 saturated heterocycles. The van der Waals surface area contributed by atoms with Gasteiger partial charge in [0.05, 0.1) is 21.3 Å². The molecule has 0 amide bonds. The molecular formula is C22H31N3O3. The number of guanidine groups is 1. The molecular weight excluding hydrogens is 354 g/mol. The number of benzene rings is 2. The van der Waals surface area contributed by atoms with E-state index in [2.05, 4.69) is 27.3 Å². The first-order chi connectivity index (χ1) is 13.6. The molecule has 6 nitrogen and oxygen atoms in total. The van der Waals surface area contributed by atoms with E-state index < -0.39 is 0 Å². The van der Waals surface area contributed by atoms with E-state index in [-0.39, 0.29) is 0 Å². The molecule has 6 heteroatoms. The maximum absolute atomic E-state index is 5.49. The Hall–Kier alpha value is -2.89. The summed E-state index contributed by atoms with van der Waals surface area (Å²) < 4.78 is 16.0.